The van der Waals surface area contributed by atoms with E-state index < -0.39 is 0 Å². The van der Waals surface area contributed by atoms with Gasteiger partial charge in [0.2, 0.25) is 5.91 Å². The fourth-order valence-electron chi connectivity index (χ4n) is 2.39. The lowest BCUT2D eigenvalue weighted by Crippen LogP contribution is -2.37. The zero-order valence-corrected chi connectivity index (χ0v) is 15.0. The first kappa shape index (κ1) is 18.5. The zero-order chi connectivity index (χ0) is 17.7. The number of amides is 2. The molecule has 1 saturated carbocycles. The molecule has 0 aromatic carbocycles. The Kier molecular flexibility index (Phi) is 6.43. The maximum absolute atomic E-state index is 12.3. The molecule has 1 aromatic rings. The molecule has 24 heavy (non-hydrogen) atoms. The monoisotopic (exact) mass is 353 g/mol. The first-order valence-electron chi connectivity index (χ1n) is 8.21. The van der Waals surface area contributed by atoms with Crippen LogP contribution in [0, 0.1) is 11.8 Å². The van der Waals surface area contributed by atoms with Gasteiger partial charge in [-0.2, -0.15) is 0 Å². The van der Waals surface area contributed by atoms with Gasteiger partial charge in [-0.25, -0.2) is 4.98 Å². The lowest BCUT2D eigenvalue weighted by atomic mass is 10.0. The van der Waals surface area contributed by atoms with Gasteiger partial charge in [-0.05, 0) is 32.1 Å². The number of pyridine rings is 1. The van der Waals surface area contributed by atoms with Gasteiger partial charge in [-0.3, -0.25) is 9.59 Å². The van der Waals surface area contributed by atoms with Crippen molar-refractivity contribution in [1.29, 1.82) is 0 Å². The molecule has 2 N–H and O–H groups in total. The molecule has 0 aliphatic heterocycles. The van der Waals surface area contributed by atoms with Crippen LogP contribution in [0.1, 0.15) is 43.6 Å². The van der Waals surface area contributed by atoms with Gasteiger partial charge in [0.05, 0.1) is 12.8 Å². The minimum Gasteiger partial charge on any atom is -0.492 e. The van der Waals surface area contributed by atoms with Gasteiger partial charge in [-0.1, -0.05) is 18.5 Å². The number of nitrogens with zero attached hydrogens (tertiary/aromatic N) is 1. The largest absolute Gasteiger partial charge is 0.492 e. The van der Waals surface area contributed by atoms with Gasteiger partial charge in [-0.15, -0.1) is 0 Å². The Bertz CT molecular complexity index is 605. The molecule has 2 atom stereocenters. The molecular weight excluding hydrogens is 330 g/mol. The molecule has 0 bridgehead atoms. The molecule has 0 spiro atoms. The SMILES string of the molecule is CNC(=O)[C@@H](C)C[C@@H](C)NC(=O)c1cc(OCC2CC2)c(Cl)cn1. The highest BCUT2D eigenvalue weighted by atomic mass is 35.5. The van der Waals surface area contributed by atoms with Crippen molar-refractivity contribution in [3.8, 4) is 5.75 Å². The maximum atomic E-state index is 12.3. The number of ether oxygens (including phenoxy) is 1. The molecule has 7 heteroatoms. The van der Waals surface area contributed by atoms with Crippen LogP contribution in [0.4, 0.5) is 0 Å². The van der Waals surface area contributed by atoms with Crippen molar-refractivity contribution in [3.05, 3.63) is 23.0 Å². The number of halogens is 1. The zero-order valence-electron chi connectivity index (χ0n) is 14.3. The second-order valence-electron chi connectivity index (χ2n) is 6.38. The molecule has 6 nitrogen and oxygen atoms in total. The standard InChI is InChI=1S/C17H24ClN3O3/c1-10(16(22)19-3)6-11(2)21-17(23)14-7-15(13(18)8-20-14)24-9-12-4-5-12/h7-8,10-12H,4-6,9H2,1-3H3,(H,19,22)(H,21,23)/t10-,11+/m0/s1. The first-order valence-corrected chi connectivity index (χ1v) is 8.59. The topological polar surface area (TPSA) is 80.3 Å². The summed E-state index contributed by atoms with van der Waals surface area (Å²) in [7, 11) is 1.60. The van der Waals surface area contributed by atoms with Crippen LogP contribution < -0.4 is 15.4 Å². The van der Waals surface area contributed by atoms with Crippen LogP contribution in [0.25, 0.3) is 0 Å². The smallest absolute Gasteiger partial charge is 0.270 e. The summed E-state index contributed by atoms with van der Waals surface area (Å²) < 4.78 is 5.66. The van der Waals surface area contributed by atoms with Gasteiger partial charge in [0, 0.05) is 25.1 Å². The normalized spacial score (nSPS) is 16.2. The number of carbonyl (C=O) groups is 2. The molecule has 1 aromatic heterocycles. The van der Waals surface area contributed by atoms with Crippen molar-refractivity contribution in [2.24, 2.45) is 11.8 Å². The van der Waals surface area contributed by atoms with E-state index in [0.717, 1.165) is 0 Å². The van der Waals surface area contributed by atoms with Crippen LogP contribution in [-0.2, 0) is 4.79 Å². The molecule has 2 rings (SSSR count). The Morgan fingerprint density at radius 1 is 1.42 bits per heavy atom. The third kappa shape index (κ3) is 5.37. The molecular formula is C17H24ClN3O3. The number of carbonyl (C=O) groups excluding carboxylic acids is 2. The highest BCUT2D eigenvalue weighted by molar-refractivity contribution is 6.32. The van der Waals surface area contributed by atoms with Crippen LogP contribution in [0.5, 0.6) is 5.75 Å². The van der Waals surface area contributed by atoms with Gasteiger partial charge in [0.15, 0.2) is 0 Å². The predicted octanol–water partition coefficient (Wildman–Crippen LogP) is 2.41. The lowest BCUT2D eigenvalue weighted by Gasteiger charge is -2.17. The van der Waals surface area contributed by atoms with Crippen LogP contribution in [-0.4, -0.2) is 36.5 Å². The molecule has 1 aliphatic rings. The molecule has 0 radical (unpaired) electrons. The van der Waals surface area contributed by atoms with Crippen LogP contribution in [0.15, 0.2) is 12.3 Å². The van der Waals surface area contributed by atoms with Gasteiger partial charge in [0.25, 0.3) is 5.91 Å². The average molecular weight is 354 g/mol. The van der Waals surface area contributed by atoms with E-state index in [2.05, 4.69) is 15.6 Å². The summed E-state index contributed by atoms with van der Waals surface area (Å²) in [5.41, 5.74) is 0.254. The van der Waals surface area contributed by atoms with E-state index in [9.17, 15) is 9.59 Å². The van der Waals surface area contributed by atoms with E-state index >= 15 is 0 Å². The number of nitrogens with one attached hydrogen (secondary N) is 2. The number of aromatic nitrogens is 1. The molecule has 132 valence electrons. The highest BCUT2D eigenvalue weighted by Crippen LogP contribution is 2.31. The van der Waals surface area contributed by atoms with Gasteiger partial charge in [0.1, 0.15) is 16.5 Å². The first-order chi connectivity index (χ1) is 11.4. The molecule has 0 saturated heterocycles. The van der Waals surface area contributed by atoms with Gasteiger partial charge >= 0.3 is 0 Å². The van der Waals surface area contributed by atoms with E-state index in [-0.39, 0.29) is 29.5 Å². The highest BCUT2D eigenvalue weighted by Gasteiger charge is 2.23. The second kappa shape index (κ2) is 8.33. The van der Waals surface area contributed by atoms with E-state index in [1.165, 1.54) is 19.0 Å². The summed E-state index contributed by atoms with van der Waals surface area (Å²) in [5, 5.41) is 5.85. The molecule has 1 aliphatic carbocycles. The van der Waals surface area contributed by atoms with Crippen molar-refractivity contribution in [3.63, 3.8) is 0 Å². The Morgan fingerprint density at radius 3 is 2.75 bits per heavy atom. The molecule has 2 amide bonds. The summed E-state index contributed by atoms with van der Waals surface area (Å²) in [6.07, 6.45) is 4.33. The number of hydrogen-bond donors (Lipinski definition) is 2. The quantitative estimate of drug-likeness (QED) is 0.752. The lowest BCUT2D eigenvalue weighted by molar-refractivity contribution is -0.124. The van der Waals surface area contributed by atoms with Crippen molar-refractivity contribution >= 4 is 23.4 Å². The third-order valence-corrected chi connectivity index (χ3v) is 4.29. The second-order valence-corrected chi connectivity index (χ2v) is 6.79. The minimum atomic E-state index is -0.306. The van der Waals surface area contributed by atoms with Crippen LogP contribution in [0.2, 0.25) is 5.02 Å². The fourth-order valence-corrected chi connectivity index (χ4v) is 2.55. The van der Waals surface area contributed by atoms with Crippen LogP contribution >= 0.6 is 11.6 Å². The van der Waals surface area contributed by atoms with E-state index in [0.29, 0.717) is 29.7 Å². The summed E-state index contributed by atoms with van der Waals surface area (Å²) in [4.78, 5) is 27.9. The Balaban J connectivity index is 1.93. The summed E-state index contributed by atoms with van der Waals surface area (Å²) in [5.74, 6) is 0.546. The summed E-state index contributed by atoms with van der Waals surface area (Å²) in [6.45, 7) is 4.30. The summed E-state index contributed by atoms with van der Waals surface area (Å²) in [6, 6.07) is 1.41. The van der Waals surface area contributed by atoms with Crippen molar-refractivity contribution in [2.75, 3.05) is 13.7 Å². The van der Waals surface area contributed by atoms with E-state index in [1.54, 1.807) is 13.1 Å². The molecule has 1 fully saturated rings. The van der Waals surface area contributed by atoms with Gasteiger partial charge < -0.3 is 15.4 Å². The Hall–Kier alpha value is -1.82. The van der Waals surface area contributed by atoms with E-state index in [1.807, 2.05) is 13.8 Å². The fraction of sp³-hybridized carbons (Fsp3) is 0.588. The summed E-state index contributed by atoms with van der Waals surface area (Å²) >= 11 is 6.07. The maximum Gasteiger partial charge on any atom is 0.270 e. The van der Waals surface area contributed by atoms with Crippen LogP contribution in [0.3, 0.4) is 0 Å². The van der Waals surface area contributed by atoms with Crippen molar-refractivity contribution < 1.29 is 14.3 Å². The number of rotatable bonds is 8. The Morgan fingerprint density at radius 2 is 2.12 bits per heavy atom. The van der Waals surface area contributed by atoms with Crippen molar-refractivity contribution in [2.45, 2.75) is 39.2 Å². The van der Waals surface area contributed by atoms with Crippen molar-refractivity contribution in [1.82, 2.24) is 15.6 Å². The van der Waals surface area contributed by atoms with E-state index in [4.69, 9.17) is 16.3 Å². The average Bonchev–Trinajstić information content (AvgIpc) is 3.37. The number of hydrogen-bond acceptors (Lipinski definition) is 4. The minimum absolute atomic E-state index is 0.0449. The molecule has 0 unspecified atom stereocenters. The predicted molar refractivity (Wildman–Crippen MR) is 92.2 cm³/mol. The molecule has 1 heterocycles. The Labute approximate surface area is 147 Å². The third-order valence-electron chi connectivity index (χ3n) is 4.00.